The molecule has 106 valence electrons. The van der Waals surface area contributed by atoms with Crippen LogP contribution in [-0.2, 0) is 13.2 Å². The average molecular weight is 276 g/mol. The fraction of sp³-hybridized carbons (Fsp3) is 0.267. The van der Waals surface area contributed by atoms with Gasteiger partial charge in [-0.25, -0.2) is 9.37 Å². The third-order valence-corrected chi connectivity index (χ3v) is 2.83. The SMILES string of the molecule is CNCc1cccc(F)c1OCc1cccnc1OC. The molecule has 0 atom stereocenters. The van der Waals surface area contributed by atoms with E-state index in [1.807, 2.05) is 12.1 Å². The van der Waals surface area contributed by atoms with Crippen LogP contribution in [0.4, 0.5) is 4.39 Å². The Morgan fingerprint density at radius 2 is 2.00 bits per heavy atom. The van der Waals surface area contributed by atoms with Gasteiger partial charge in [-0.05, 0) is 25.2 Å². The van der Waals surface area contributed by atoms with E-state index in [0.717, 1.165) is 11.1 Å². The van der Waals surface area contributed by atoms with Crippen molar-refractivity contribution in [2.45, 2.75) is 13.2 Å². The molecule has 20 heavy (non-hydrogen) atoms. The first-order valence-corrected chi connectivity index (χ1v) is 6.29. The van der Waals surface area contributed by atoms with Gasteiger partial charge in [0.25, 0.3) is 0 Å². The van der Waals surface area contributed by atoms with Crippen molar-refractivity contribution in [3.63, 3.8) is 0 Å². The van der Waals surface area contributed by atoms with Crippen LogP contribution in [0.2, 0.25) is 0 Å². The van der Waals surface area contributed by atoms with Crippen molar-refractivity contribution in [3.8, 4) is 11.6 Å². The molecule has 0 saturated heterocycles. The summed E-state index contributed by atoms with van der Waals surface area (Å²) >= 11 is 0. The smallest absolute Gasteiger partial charge is 0.219 e. The van der Waals surface area contributed by atoms with Crippen LogP contribution in [0.15, 0.2) is 36.5 Å². The Labute approximate surface area is 117 Å². The molecule has 1 heterocycles. The number of rotatable bonds is 6. The lowest BCUT2D eigenvalue weighted by Crippen LogP contribution is -2.09. The van der Waals surface area contributed by atoms with Crippen LogP contribution in [0.5, 0.6) is 11.6 Å². The molecule has 2 aromatic rings. The van der Waals surface area contributed by atoms with Crippen molar-refractivity contribution in [1.29, 1.82) is 0 Å². The highest BCUT2D eigenvalue weighted by molar-refractivity contribution is 5.35. The summed E-state index contributed by atoms with van der Waals surface area (Å²) in [6.45, 7) is 0.742. The molecule has 0 aliphatic carbocycles. The van der Waals surface area contributed by atoms with E-state index >= 15 is 0 Å². The molecule has 2 rings (SSSR count). The maximum Gasteiger partial charge on any atom is 0.219 e. The summed E-state index contributed by atoms with van der Waals surface area (Å²) in [5.41, 5.74) is 1.55. The number of methoxy groups -OCH3 is 1. The topological polar surface area (TPSA) is 43.4 Å². The van der Waals surface area contributed by atoms with Crippen molar-refractivity contribution in [3.05, 3.63) is 53.5 Å². The number of para-hydroxylation sites is 1. The highest BCUT2D eigenvalue weighted by atomic mass is 19.1. The highest BCUT2D eigenvalue weighted by Gasteiger charge is 2.11. The zero-order valence-electron chi connectivity index (χ0n) is 11.5. The molecule has 1 aromatic heterocycles. The molecule has 0 fully saturated rings. The Bertz CT molecular complexity index is 576. The first-order valence-electron chi connectivity index (χ1n) is 6.29. The number of halogens is 1. The van der Waals surface area contributed by atoms with Crippen molar-refractivity contribution in [1.82, 2.24) is 10.3 Å². The minimum atomic E-state index is -0.374. The molecule has 0 aliphatic heterocycles. The lowest BCUT2D eigenvalue weighted by atomic mass is 10.2. The minimum absolute atomic E-state index is 0.203. The van der Waals surface area contributed by atoms with Crippen LogP contribution in [0.25, 0.3) is 0 Å². The lowest BCUT2D eigenvalue weighted by Gasteiger charge is -2.13. The number of hydrogen-bond donors (Lipinski definition) is 1. The van der Waals surface area contributed by atoms with Gasteiger partial charge in [0.15, 0.2) is 11.6 Å². The summed E-state index contributed by atoms with van der Waals surface area (Å²) < 4.78 is 24.6. The zero-order valence-corrected chi connectivity index (χ0v) is 11.5. The molecular weight excluding hydrogens is 259 g/mol. The van der Waals surface area contributed by atoms with Gasteiger partial charge in [0, 0.05) is 18.3 Å². The fourth-order valence-corrected chi connectivity index (χ4v) is 1.91. The third kappa shape index (κ3) is 3.24. The number of nitrogens with zero attached hydrogens (tertiary/aromatic N) is 1. The Balaban J connectivity index is 2.18. The number of pyridine rings is 1. The van der Waals surface area contributed by atoms with Crippen LogP contribution in [0, 0.1) is 5.82 Å². The second kappa shape index (κ2) is 6.86. The van der Waals surface area contributed by atoms with Gasteiger partial charge in [-0.1, -0.05) is 12.1 Å². The van der Waals surface area contributed by atoms with E-state index in [1.54, 1.807) is 32.5 Å². The van der Waals surface area contributed by atoms with Crippen molar-refractivity contribution in [2.24, 2.45) is 0 Å². The first-order chi connectivity index (χ1) is 9.76. The van der Waals surface area contributed by atoms with Gasteiger partial charge in [0.1, 0.15) is 6.61 Å². The fourth-order valence-electron chi connectivity index (χ4n) is 1.91. The molecule has 0 bridgehead atoms. The quantitative estimate of drug-likeness (QED) is 0.880. The van der Waals surface area contributed by atoms with Gasteiger partial charge in [0.2, 0.25) is 5.88 Å². The van der Waals surface area contributed by atoms with Gasteiger partial charge in [-0.3, -0.25) is 0 Å². The molecule has 0 spiro atoms. The Morgan fingerprint density at radius 3 is 2.75 bits per heavy atom. The van der Waals surface area contributed by atoms with Crippen LogP contribution < -0.4 is 14.8 Å². The van der Waals surface area contributed by atoms with E-state index in [2.05, 4.69) is 10.3 Å². The van der Waals surface area contributed by atoms with E-state index in [1.165, 1.54) is 6.07 Å². The van der Waals surface area contributed by atoms with Gasteiger partial charge >= 0.3 is 0 Å². The molecule has 0 amide bonds. The molecular formula is C15H17FN2O2. The summed E-state index contributed by atoms with van der Waals surface area (Å²) in [5.74, 6) is 0.368. The van der Waals surface area contributed by atoms with Gasteiger partial charge in [-0.15, -0.1) is 0 Å². The molecule has 1 N–H and O–H groups in total. The Hall–Kier alpha value is -2.14. The van der Waals surface area contributed by atoms with E-state index in [-0.39, 0.29) is 18.2 Å². The van der Waals surface area contributed by atoms with E-state index in [0.29, 0.717) is 12.4 Å². The molecule has 0 radical (unpaired) electrons. The maximum absolute atomic E-state index is 13.9. The molecule has 0 aliphatic rings. The number of aromatic nitrogens is 1. The second-order valence-electron chi connectivity index (χ2n) is 4.22. The molecule has 0 saturated carbocycles. The lowest BCUT2D eigenvalue weighted by molar-refractivity contribution is 0.277. The van der Waals surface area contributed by atoms with Crippen LogP contribution in [-0.4, -0.2) is 19.1 Å². The number of hydrogen-bond acceptors (Lipinski definition) is 4. The van der Waals surface area contributed by atoms with Crippen LogP contribution in [0.3, 0.4) is 0 Å². The average Bonchev–Trinajstić information content (AvgIpc) is 2.47. The van der Waals surface area contributed by atoms with Crippen molar-refractivity contribution in [2.75, 3.05) is 14.2 Å². The summed E-state index contributed by atoms with van der Waals surface area (Å²) in [7, 11) is 3.35. The predicted octanol–water partition coefficient (Wildman–Crippen LogP) is 2.53. The first kappa shape index (κ1) is 14.3. The monoisotopic (exact) mass is 276 g/mol. The Morgan fingerprint density at radius 1 is 1.20 bits per heavy atom. The van der Waals surface area contributed by atoms with E-state index < -0.39 is 0 Å². The standard InChI is InChI=1S/C15H17FN2O2/c1-17-9-11-5-3-7-13(16)14(11)20-10-12-6-4-8-18-15(12)19-2/h3-8,17H,9-10H2,1-2H3. The van der Waals surface area contributed by atoms with Gasteiger partial charge < -0.3 is 14.8 Å². The third-order valence-electron chi connectivity index (χ3n) is 2.83. The Kier molecular flexibility index (Phi) is 4.90. The predicted molar refractivity (Wildman–Crippen MR) is 74.3 cm³/mol. The number of benzene rings is 1. The molecule has 5 heteroatoms. The van der Waals surface area contributed by atoms with Crippen molar-refractivity contribution >= 4 is 0 Å². The number of nitrogens with one attached hydrogen (secondary N) is 1. The second-order valence-corrected chi connectivity index (χ2v) is 4.22. The van der Waals surface area contributed by atoms with Gasteiger partial charge in [0.05, 0.1) is 12.7 Å². The van der Waals surface area contributed by atoms with Gasteiger partial charge in [-0.2, -0.15) is 0 Å². The van der Waals surface area contributed by atoms with Crippen LogP contribution >= 0.6 is 0 Å². The van der Waals surface area contributed by atoms with E-state index in [4.69, 9.17) is 9.47 Å². The summed E-state index contributed by atoms with van der Waals surface area (Å²) in [4.78, 5) is 4.08. The normalized spacial score (nSPS) is 10.3. The largest absolute Gasteiger partial charge is 0.485 e. The summed E-state index contributed by atoms with van der Waals surface area (Å²) in [6, 6.07) is 8.51. The van der Waals surface area contributed by atoms with E-state index in [9.17, 15) is 4.39 Å². The summed E-state index contributed by atoms with van der Waals surface area (Å²) in [5, 5.41) is 2.99. The minimum Gasteiger partial charge on any atom is -0.485 e. The number of ether oxygens (including phenoxy) is 2. The zero-order chi connectivity index (χ0) is 14.4. The highest BCUT2D eigenvalue weighted by Crippen LogP contribution is 2.25. The maximum atomic E-state index is 13.9. The molecule has 4 nitrogen and oxygen atoms in total. The molecule has 0 unspecified atom stereocenters. The summed E-state index contributed by atoms with van der Waals surface area (Å²) in [6.07, 6.45) is 1.64. The van der Waals surface area contributed by atoms with Crippen LogP contribution in [0.1, 0.15) is 11.1 Å². The molecule has 1 aromatic carbocycles. The van der Waals surface area contributed by atoms with Crippen molar-refractivity contribution < 1.29 is 13.9 Å².